The molecule has 0 aliphatic rings. The van der Waals surface area contributed by atoms with Gasteiger partial charge in [-0.3, -0.25) is 9.59 Å². The molecule has 0 aromatic heterocycles. The molecule has 3 heteroatoms. The smallest absolute Gasteiger partial charge is 0.253 e. The van der Waals surface area contributed by atoms with Crippen molar-refractivity contribution in [3.8, 4) is 0 Å². The topological polar surface area (TPSA) is 34.1 Å². The monoisotopic (exact) mass is 308 g/mol. The van der Waals surface area contributed by atoms with E-state index in [1.165, 1.54) is 0 Å². The molecule has 0 spiro atoms. The Morgan fingerprint density at radius 3 is 2.23 bits per heavy atom. The lowest BCUT2D eigenvalue weighted by atomic mass is 9.92. The van der Waals surface area contributed by atoms with Gasteiger partial charge < -0.3 is 0 Å². The molecule has 108 valence electrons. The summed E-state index contributed by atoms with van der Waals surface area (Å²) in [6, 6.07) is 18.4. The Morgan fingerprint density at radius 1 is 0.818 bits per heavy atom. The summed E-state index contributed by atoms with van der Waals surface area (Å²) in [7, 11) is 0. The highest BCUT2D eigenvalue weighted by molar-refractivity contribution is 6.68. The number of fused-ring (bicyclic) bond motifs is 1. The molecular formula is C19H13ClO2. The fourth-order valence-electron chi connectivity index (χ4n) is 2.69. The predicted molar refractivity (Wildman–Crippen MR) is 88.7 cm³/mol. The Labute approximate surface area is 133 Å². The Morgan fingerprint density at radius 2 is 1.45 bits per heavy atom. The zero-order valence-electron chi connectivity index (χ0n) is 12.0. The summed E-state index contributed by atoms with van der Waals surface area (Å²) in [4.78, 5) is 24.6. The molecule has 0 aliphatic heterocycles. The van der Waals surface area contributed by atoms with Gasteiger partial charge in [0.25, 0.3) is 5.24 Å². The average molecular weight is 309 g/mol. The molecule has 3 aromatic carbocycles. The second-order valence-corrected chi connectivity index (χ2v) is 5.47. The van der Waals surface area contributed by atoms with Crippen LogP contribution >= 0.6 is 11.6 Å². The van der Waals surface area contributed by atoms with Crippen LogP contribution < -0.4 is 0 Å². The number of aryl methyl sites for hydroxylation is 1. The molecule has 0 fully saturated rings. The maximum absolute atomic E-state index is 13.0. The number of ketones is 1. The SMILES string of the molecule is Cc1cccc(C(=O)Cl)c1C(=O)c1cccc2ccccc12. The summed E-state index contributed by atoms with van der Waals surface area (Å²) in [5, 5.41) is 1.24. The third-order valence-electron chi connectivity index (χ3n) is 3.75. The first kappa shape index (κ1) is 14.5. The summed E-state index contributed by atoms with van der Waals surface area (Å²) in [5.74, 6) is -0.182. The van der Waals surface area contributed by atoms with Crippen molar-refractivity contribution in [3.05, 3.63) is 82.9 Å². The molecule has 2 nitrogen and oxygen atoms in total. The van der Waals surface area contributed by atoms with Crippen molar-refractivity contribution in [3.63, 3.8) is 0 Å². The van der Waals surface area contributed by atoms with E-state index in [4.69, 9.17) is 11.6 Å². The number of benzene rings is 3. The van der Waals surface area contributed by atoms with Crippen LogP contribution in [0.1, 0.15) is 31.8 Å². The molecule has 0 bridgehead atoms. The molecule has 0 heterocycles. The fraction of sp³-hybridized carbons (Fsp3) is 0.0526. The zero-order valence-corrected chi connectivity index (χ0v) is 12.7. The number of hydrogen-bond donors (Lipinski definition) is 0. The van der Waals surface area contributed by atoms with E-state index in [1.54, 1.807) is 18.2 Å². The van der Waals surface area contributed by atoms with Crippen LogP contribution in [0.2, 0.25) is 0 Å². The highest BCUT2D eigenvalue weighted by Gasteiger charge is 2.20. The molecular weight excluding hydrogens is 296 g/mol. The van der Waals surface area contributed by atoms with Crippen LogP contribution in [-0.4, -0.2) is 11.0 Å². The van der Waals surface area contributed by atoms with E-state index in [9.17, 15) is 9.59 Å². The number of rotatable bonds is 3. The minimum absolute atomic E-state index is 0.182. The van der Waals surface area contributed by atoms with Gasteiger partial charge >= 0.3 is 0 Å². The standard InChI is InChI=1S/C19H13ClO2/c1-12-6-4-11-16(19(20)22)17(12)18(21)15-10-5-8-13-7-2-3-9-14(13)15/h2-11H,1H3. The van der Waals surface area contributed by atoms with Gasteiger partial charge in [0.15, 0.2) is 5.78 Å². The fourth-order valence-corrected chi connectivity index (χ4v) is 2.85. The van der Waals surface area contributed by atoms with E-state index >= 15 is 0 Å². The molecule has 0 unspecified atom stereocenters. The van der Waals surface area contributed by atoms with Crippen LogP contribution in [0.4, 0.5) is 0 Å². The van der Waals surface area contributed by atoms with E-state index in [0.717, 1.165) is 16.3 Å². The van der Waals surface area contributed by atoms with Crippen LogP contribution in [0, 0.1) is 6.92 Å². The Hall–Kier alpha value is -2.45. The van der Waals surface area contributed by atoms with Gasteiger partial charge in [0, 0.05) is 16.7 Å². The Balaban J connectivity index is 2.25. The number of carbonyl (C=O) groups excluding carboxylic acids is 2. The highest BCUT2D eigenvalue weighted by atomic mass is 35.5. The molecule has 0 saturated carbocycles. The second-order valence-electron chi connectivity index (χ2n) is 5.13. The van der Waals surface area contributed by atoms with Crippen LogP contribution in [0.15, 0.2) is 60.7 Å². The van der Waals surface area contributed by atoms with Gasteiger partial charge in [0.05, 0.1) is 0 Å². The first-order chi connectivity index (χ1) is 10.6. The molecule has 0 atom stereocenters. The summed E-state index contributed by atoms with van der Waals surface area (Å²) >= 11 is 5.64. The molecule has 22 heavy (non-hydrogen) atoms. The lowest BCUT2D eigenvalue weighted by molar-refractivity contribution is 0.102. The average Bonchev–Trinajstić information content (AvgIpc) is 2.53. The number of halogens is 1. The summed E-state index contributed by atoms with van der Waals surface area (Å²) in [5.41, 5.74) is 1.94. The van der Waals surface area contributed by atoms with E-state index in [2.05, 4.69) is 0 Å². The molecule has 0 radical (unpaired) electrons. The van der Waals surface area contributed by atoms with Crippen molar-refractivity contribution in [1.29, 1.82) is 0 Å². The first-order valence-electron chi connectivity index (χ1n) is 6.91. The van der Waals surface area contributed by atoms with Gasteiger partial charge in [-0.15, -0.1) is 0 Å². The highest BCUT2D eigenvalue weighted by Crippen LogP contribution is 2.25. The molecule has 0 saturated heterocycles. The first-order valence-corrected chi connectivity index (χ1v) is 7.29. The number of hydrogen-bond acceptors (Lipinski definition) is 2. The van der Waals surface area contributed by atoms with Crippen molar-refractivity contribution >= 4 is 33.4 Å². The van der Waals surface area contributed by atoms with E-state index in [-0.39, 0.29) is 11.3 Å². The molecule has 3 aromatic rings. The Kier molecular flexibility index (Phi) is 3.78. The maximum Gasteiger partial charge on any atom is 0.253 e. The van der Waals surface area contributed by atoms with Gasteiger partial charge in [-0.2, -0.15) is 0 Å². The van der Waals surface area contributed by atoms with Crippen LogP contribution in [0.25, 0.3) is 10.8 Å². The van der Waals surface area contributed by atoms with E-state index in [1.807, 2.05) is 49.4 Å². The van der Waals surface area contributed by atoms with Crippen molar-refractivity contribution < 1.29 is 9.59 Å². The van der Waals surface area contributed by atoms with E-state index in [0.29, 0.717) is 11.1 Å². The van der Waals surface area contributed by atoms with Crippen LogP contribution in [0.3, 0.4) is 0 Å². The number of carbonyl (C=O) groups is 2. The van der Waals surface area contributed by atoms with Gasteiger partial charge in [-0.25, -0.2) is 0 Å². The lowest BCUT2D eigenvalue weighted by Crippen LogP contribution is -2.10. The molecule has 3 rings (SSSR count). The van der Waals surface area contributed by atoms with Gasteiger partial charge in [0.2, 0.25) is 0 Å². The zero-order chi connectivity index (χ0) is 15.7. The summed E-state index contributed by atoms with van der Waals surface area (Å²) < 4.78 is 0. The van der Waals surface area contributed by atoms with Crippen molar-refractivity contribution in [2.75, 3.05) is 0 Å². The quantitative estimate of drug-likeness (QED) is 0.516. The normalized spacial score (nSPS) is 10.6. The van der Waals surface area contributed by atoms with Crippen molar-refractivity contribution in [2.24, 2.45) is 0 Å². The van der Waals surface area contributed by atoms with Gasteiger partial charge in [-0.05, 0) is 40.9 Å². The van der Waals surface area contributed by atoms with Gasteiger partial charge in [-0.1, -0.05) is 54.6 Å². The van der Waals surface area contributed by atoms with Crippen LogP contribution in [-0.2, 0) is 0 Å². The summed E-state index contributed by atoms with van der Waals surface area (Å²) in [6.07, 6.45) is 0. The maximum atomic E-state index is 13.0. The minimum Gasteiger partial charge on any atom is -0.289 e. The third-order valence-corrected chi connectivity index (χ3v) is 3.95. The molecule has 0 amide bonds. The van der Waals surface area contributed by atoms with E-state index < -0.39 is 5.24 Å². The Bertz CT molecular complexity index is 892. The van der Waals surface area contributed by atoms with Crippen molar-refractivity contribution in [1.82, 2.24) is 0 Å². The predicted octanol–water partition coefficient (Wildman–Crippen LogP) is 4.76. The summed E-state index contributed by atoms with van der Waals surface area (Å²) in [6.45, 7) is 1.81. The lowest BCUT2D eigenvalue weighted by Gasteiger charge is -2.11. The van der Waals surface area contributed by atoms with Crippen molar-refractivity contribution in [2.45, 2.75) is 6.92 Å². The second kappa shape index (κ2) is 5.74. The minimum atomic E-state index is -0.618. The molecule has 0 N–H and O–H groups in total. The molecule has 0 aliphatic carbocycles. The third kappa shape index (κ3) is 2.42. The largest absolute Gasteiger partial charge is 0.289 e. The van der Waals surface area contributed by atoms with Crippen LogP contribution in [0.5, 0.6) is 0 Å². The van der Waals surface area contributed by atoms with Gasteiger partial charge in [0.1, 0.15) is 0 Å².